The van der Waals surface area contributed by atoms with Crippen LogP contribution >= 0.6 is 11.3 Å². The van der Waals surface area contributed by atoms with Crippen molar-refractivity contribution in [2.45, 2.75) is 6.54 Å². The molecule has 2 aromatic heterocycles. The molecule has 1 amide bonds. The van der Waals surface area contributed by atoms with Gasteiger partial charge in [0.25, 0.3) is 5.91 Å². The largest absolute Gasteiger partial charge is 0.449 e. The Hall–Kier alpha value is -2.93. The maximum Gasteiger partial charge on any atom is 0.311 e. The summed E-state index contributed by atoms with van der Waals surface area (Å²) in [5, 5.41) is 5.89. The van der Waals surface area contributed by atoms with E-state index in [1.165, 1.54) is 22.2 Å². The van der Waals surface area contributed by atoms with Crippen LogP contribution in [0.1, 0.15) is 15.2 Å². The first-order valence-electron chi connectivity index (χ1n) is 7.32. The summed E-state index contributed by atoms with van der Waals surface area (Å²) in [6.45, 7) is 0.314. The lowest BCUT2D eigenvalue weighted by atomic mass is 10.2. The molecule has 0 saturated carbocycles. The minimum absolute atomic E-state index is 0.113. The summed E-state index contributed by atoms with van der Waals surface area (Å²) in [6.07, 6.45) is 1.49. The molecule has 0 N–H and O–H groups in total. The maximum atomic E-state index is 12.9. The van der Waals surface area contributed by atoms with Crippen LogP contribution in [0.5, 0.6) is 11.5 Å². The van der Waals surface area contributed by atoms with Crippen LogP contribution in [0.15, 0.2) is 52.8 Å². The Morgan fingerprint density at radius 1 is 1.25 bits per heavy atom. The van der Waals surface area contributed by atoms with Crippen molar-refractivity contribution in [1.82, 2.24) is 9.78 Å². The SMILES string of the molecule is Cn1ncc2c(c1=O)Oc1ccccc1CN2C(=O)c1cccs1. The lowest BCUT2D eigenvalue weighted by Gasteiger charge is -2.20. The van der Waals surface area contributed by atoms with Crippen molar-refractivity contribution >= 4 is 22.9 Å². The van der Waals surface area contributed by atoms with Gasteiger partial charge in [0.05, 0.1) is 17.6 Å². The normalized spacial score (nSPS) is 12.8. The zero-order chi connectivity index (χ0) is 16.7. The molecule has 6 nitrogen and oxygen atoms in total. The first kappa shape index (κ1) is 14.6. The van der Waals surface area contributed by atoms with Crippen LogP contribution in [-0.2, 0) is 13.6 Å². The van der Waals surface area contributed by atoms with Crippen molar-refractivity contribution in [3.63, 3.8) is 0 Å². The Balaban J connectivity index is 1.92. The summed E-state index contributed by atoms with van der Waals surface area (Å²) in [7, 11) is 1.55. The lowest BCUT2D eigenvalue weighted by molar-refractivity contribution is 0.0989. The number of rotatable bonds is 1. The third-order valence-corrected chi connectivity index (χ3v) is 4.71. The van der Waals surface area contributed by atoms with Gasteiger partial charge < -0.3 is 4.74 Å². The number of carbonyl (C=O) groups is 1. The van der Waals surface area contributed by atoms with E-state index in [-0.39, 0.29) is 17.2 Å². The van der Waals surface area contributed by atoms with E-state index in [0.717, 1.165) is 5.56 Å². The molecule has 0 unspecified atom stereocenters. The fourth-order valence-corrected chi connectivity index (χ4v) is 3.28. The lowest BCUT2D eigenvalue weighted by Crippen LogP contribution is -2.31. The number of aryl methyl sites for hydroxylation is 1. The second-order valence-electron chi connectivity index (χ2n) is 5.37. The predicted molar refractivity (Wildman–Crippen MR) is 90.8 cm³/mol. The molecular weight excluding hydrogens is 326 g/mol. The molecule has 7 heteroatoms. The number of anilines is 1. The van der Waals surface area contributed by atoms with Gasteiger partial charge in [-0.15, -0.1) is 11.3 Å². The molecule has 1 aliphatic rings. The van der Waals surface area contributed by atoms with E-state index in [0.29, 0.717) is 22.9 Å². The molecule has 0 spiro atoms. The topological polar surface area (TPSA) is 64.4 Å². The third-order valence-electron chi connectivity index (χ3n) is 3.86. The van der Waals surface area contributed by atoms with E-state index in [1.54, 1.807) is 24.1 Å². The molecule has 0 atom stereocenters. The van der Waals surface area contributed by atoms with E-state index < -0.39 is 0 Å². The number of hydrogen-bond acceptors (Lipinski definition) is 5. The molecule has 0 saturated heterocycles. The third kappa shape index (κ3) is 2.30. The summed E-state index contributed by atoms with van der Waals surface area (Å²) >= 11 is 1.36. The van der Waals surface area contributed by atoms with Crippen LogP contribution in [0, 0.1) is 0 Å². The van der Waals surface area contributed by atoms with Crippen molar-refractivity contribution < 1.29 is 9.53 Å². The Bertz CT molecular complexity index is 979. The molecule has 0 fully saturated rings. The Kier molecular flexibility index (Phi) is 3.42. The van der Waals surface area contributed by atoms with E-state index >= 15 is 0 Å². The number of ether oxygens (including phenoxy) is 1. The van der Waals surface area contributed by atoms with E-state index in [9.17, 15) is 9.59 Å². The van der Waals surface area contributed by atoms with Crippen molar-refractivity contribution in [3.8, 4) is 11.5 Å². The average molecular weight is 339 g/mol. The number of amides is 1. The smallest absolute Gasteiger partial charge is 0.311 e. The minimum atomic E-state index is -0.381. The molecule has 120 valence electrons. The Labute approximate surface area is 141 Å². The second-order valence-corrected chi connectivity index (χ2v) is 6.31. The van der Waals surface area contributed by atoms with E-state index in [2.05, 4.69) is 5.10 Å². The van der Waals surface area contributed by atoms with E-state index in [4.69, 9.17) is 4.74 Å². The zero-order valence-corrected chi connectivity index (χ0v) is 13.6. The molecule has 4 rings (SSSR count). The standard InChI is InChI=1S/C17H13N3O3S/c1-19-17(22)15-12(9-18-19)20(16(21)14-7-4-8-24-14)10-11-5-2-3-6-13(11)23-15/h2-9H,10H2,1H3. The maximum absolute atomic E-state index is 12.9. The zero-order valence-electron chi connectivity index (χ0n) is 12.8. The molecule has 0 bridgehead atoms. The Morgan fingerprint density at radius 3 is 2.88 bits per heavy atom. The monoisotopic (exact) mass is 339 g/mol. The van der Waals surface area contributed by atoms with Crippen LogP contribution in [0.2, 0.25) is 0 Å². The molecule has 1 aliphatic heterocycles. The summed E-state index contributed by atoms with van der Waals surface area (Å²) < 4.78 is 7.04. The number of fused-ring (bicyclic) bond motifs is 2. The molecule has 3 aromatic rings. The van der Waals surface area contributed by atoms with Gasteiger partial charge in [-0.3, -0.25) is 14.5 Å². The van der Waals surface area contributed by atoms with Gasteiger partial charge in [0.1, 0.15) is 11.4 Å². The van der Waals surface area contributed by atoms with Gasteiger partial charge in [-0.05, 0) is 17.5 Å². The average Bonchev–Trinajstić information content (AvgIpc) is 3.07. The fourth-order valence-electron chi connectivity index (χ4n) is 2.61. The van der Waals surface area contributed by atoms with Crippen LogP contribution in [0.25, 0.3) is 0 Å². The van der Waals surface area contributed by atoms with Gasteiger partial charge in [-0.25, -0.2) is 4.68 Å². The van der Waals surface area contributed by atoms with Crippen LogP contribution in [0.4, 0.5) is 5.69 Å². The highest BCUT2D eigenvalue weighted by Crippen LogP contribution is 2.37. The highest BCUT2D eigenvalue weighted by Gasteiger charge is 2.29. The molecule has 0 aliphatic carbocycles. The number of thiophene rings is 1. The second kappa shape index (κ2) is 5.61. The highest BCUT2D eigenvalue weighted by molar-refractivity contribution is 7.12. The number of hydrogen-bond donors (Lipinski definition) is 0. The van der Waals surface area contributed by atoms with Crippen LogP contribution in [-0.4, -0.2) is 15.7 Å². The number of para-hydroxylation sites is 1. The number of carbonyl (C=O) groups excluding carboxylic acids is 1. The summed E-state index contributed by atoms with van der Waals surface area (Å²) in [5.74, 6) is 0.507. The number of aromatic nitrogens is 2. The first-order valence-corrected chi connectivity index (χ1v) is 8.20. The summed E-state index contributed by atoms with van der Waals surface area (Å²) in [4.78, 5) is 27.5. The van der Waals surface area contributed by atoms with E-state index in [1.807, 2.05) is 29.6 Å². The number of benzene rings is 1. The van der Waals surface area contributed by atoms with Gasteiger partial charge in [-0.2, -0.15) is 5.10 Å². The molecule has 3 heterocycles. The highest BCUT2D eigenvalue weighted by atomic mass is 32.1. The number of nitrogens with zero attached hydrogens (tertiary/aromatic N) is 3. The van der Waals surface area contributed by atoms with Gasteiger partial charge in [0.2, 0.25) is 5.75 Å². The molecular formula is C17H13N3O3S. The molecule has 24 heavy (non-hydrogen) atoms. The summed E-state index contributed by atoms with van der Waals surface area (Å²) in [6, 6.07) is 11.0. The van der Waals surface area contributed by atoms with Gasteiger partial charge in [-0.1, -0.05) is 24.3 Å². The Morgan fingerprint density at radius 2 is 2.08 bits per heavy atom. The van der Waals surface area contributed by atoms with Gasteiger partial charge in [0, 0.05) is 12.6 Å². The minimum Gasteiger partial charge on any atom is -0.449 e. The fraction of sp³-hybridized carbons (Fsp3) is 0.118. The first-order chi connectivity index (χ1) is 11.6. The summed E-state index contributed by atoms with van der Waals surface area (Å²) in [5.41, 5.74) is 0.835. The quantitative estimate of drug-likeness (QED) is 0.684. The molecule has 1 aromatic carbocycles. The van der Waals surface area contributed by atoms with Gasteiger partial charge >= 0.3 is 5.56 Å². The van der Waals surface area contributed by atoms with Crippen LogP contribution < -0.4 is 15.2 Å². The van der Waals surface area contributed by atoms with Crippen molar-refractivity contribution in [2.75, 3.05) is 4.90 Å². The van der Waals surface area contributed by atoms with Gasteiger partial charge in [0.15, 0.2) is 0 Å². The van der Waals surface area contributed by atoms with Crippen molar-refractivity contribution in [3.05, 3.63) is 68.8 Å². The molecule has 0 radical (unpaired) electrons. The van der Waals surface area contributed by atoms with Crippen molar-refractivity contribution in [1.29, 1.82) is 0 Å². The van der Waals surface area contributed by atoms with Crippen molar-refractivity contribution in [2.24, 2.45) is 7.05 Å². The predicted octanol–water partition coefficient (Wildman–Crippen LogP) is 2.79. The van der Waals surface area contributed by atoms with Crippen LogP contribution in [0.3, 0.4) is 0 Å².